The van der Waals surface area contributed by atoms with E-state index in [0.717, 1.165) is 5.69 Å². The maximum Gasteiger partial charge on any atom is 0.196 e. The van der Waals surface area contributed by atoms with Crippen LogP contribution in [0.15, 0.2) is 84.0 Å². The Labute approximate surface area is 201 Å². The van der Waals surface area contributed by atoms with Gasteiger partial charge in [-0.05, 0) is 55.5 Å². The van der Waals surface area contributed by atoms with Crippen LogP contribution in [0, 0.1) is 0 Å². The number of carbonyl (C=O) groups is 1. The number of hydrogen-bond acceptors (Lipinski definition) is 6. The highest BCUT2D eigenvalue weighted by atomic mass is 35.5. The van der Waals surface area contributed by atoms with E-state index < -0.39 is 6.10 Å². The number of benzene rings is 3. The number of rotatable bonds is 9. The molecule has 8 heteroatoms. The molecule has 6 nitrogen and oxygen atoms in total. The van der Waals surface area contributed by atoms with Crippen molar-refractivity contribution < 1.29 is 14.3 Å². The summed E-state index contributed by atoms with van der Waals surface area (Å²) >= 11 is 7.59. The molecule has 0 saturated heterocycles. The molecule has 0 fully saturated rings. The van der Waals surface area contributed by atoms with Crippen LogP contribution in [-0.2, 0) is 0 Å². The van der Waals surface area contributed by atoms with E-state index in [1.807, 2.05) is 60.0 Å². The summed E-state index contributed by atoms with van der Waals surface area (Å²) in [7, 11) is 1.59. The van der Waals surface area contributed by atoms with Crippen molar-refractivity contribution in [2.45, 2.75) is 18.2 Å². The van der Waals surface area contributed by atoms with Crippen LogP contribution >= 0.6 is 23.4 Å². The molecule has 168 valence electrons. The summed E-state index contributed by atoms with van der Waals surface area (Å²) in [6.07, 6.45) is -0.427. The summed E-state index contributed by atoms with van der Waals surface area (Å²) in [6, 6.07) is 24.1. The van der Waals surface area contributed by atoms with Gasteiger partial charge in [-0.1, -0.05) is 53.7 Å². The number of nitrogens with zero attached hydrogens (tertiary/aromatic N) is 3. The minimum absolute atomic E-state index is 0.00724. The Morgan fingerprint density at radius 2 is 1.70 bits per heavy atom. The van der Waals surface area contributed by atoms with Crippen molar-refractivity contribution in [3.63, 3.8) is 0 Å². The standard InChI is InChI=1S/C25H22ClN3O3S/c1-17(32-23-11-7-6-10-21(23)26)24-27-28-25(29(24)19-8-4-3-5-9-19)33-16-22(30)18-12-14-20(31-2)15-13-18/h3-15,17H,16H2,1-2H3. The van der Waals surface area contributed by atoms with Gasteiger partial charge in [0.15, 0.2) is 22.9 Å². The Morgan fingerprint density at radius 1 is 1.00 bits per heavy atom. The van der Waals surface area contributed by atoms with E-state index in [-0.39, 0.29) is 11.5 Å². The number of aromatic nitrogens is 3. The van der Waals surface area contributed by atoms with Crippen LogP contribution in [0.3, 0.4) is 0 Å². The van der Waals surface area contributed by atoms with Crippen LogP contribution in [0.4, 0.5) is 0 Å². The first-order valence-corrected chi connectivity index (χ1v) is 11.6. The third-order valence-corrected chi connectivity index (χ3v) is 6.16. The van der Waals surface area contributed by atoms with Crippen LogP contribution in [0.5, 0.6) is 11.5 Å². The second-order valence-electron chi connectivity index (χ2n) is 7.14. The van der Waals surface area contributed by atoms with Crippen molar-refractivity contribution in [1.82, 2.24) is 14.8 Å². The Kier molecular flexibility index (Phi) is 7.32. The first kappa shape index (κ1) is 22.9. The molecule has 0 saturated carbocycles. The molecular formula is C25H22ClN3O3S. The van der Waals surface area contributed by atoms with Crippen LogP contribution < -0.4 is 9.47 Å². The molecule has 1 aromatic heterocycles. The fourth-order valence-electron chi connectivity index (χ4n) is 3.23. The molecule has 1 heterocycles. The molecule has 0 aliphatic carbocycles. The number of halogens is 1. The van der Waals surface area contributed by atoms with E-state index in [4.69, 9.17) is 21.1 Å². The van der Waals surface area contributed by atoms with Crippen LogP contribution in [-0.4, -0.2) is 33.4 Å². The second-order valence-corrected chi connectivity index (χ2v) is 8.49. The molecule has 0 radical (unpaired) electrons. The van der Waals surface area contributed by atoms with Crippen LogP contribution in [0.1, 0.15) is 29.2 Å². The topological polar surface area (TPSA) is 66.2 Å². The number of thioether (sulfide) groups is 1. The molecule has 0 spiro atoms. The lowest BCUT2D eigenvalue weighted by atomic mass is 10.1. The van der Waals surface area contributed by atoms with Gasteiger partial charge in [-0.15, -0.1) is 10.2 Å². The second kappa shape index (κ2) is 10.6. The number of para-hydroxylation sites is 2. The third kappa shape index (κ3) is 5.38. The summed E-state index contributed by atoms with van der Waals surface area (Å²) in [5.41, 5.74) is 1.50. The van der Waals surface area contributed by atoms with Gasteiger partial charge in [0.1, 0.15) is 11.5 Å². The molecule has 33 heavy (non-hydrogen) atoms. The van der Waals surface area contributed by atoms with Gasteiger partial charge in [0.25, 0.3) is 0 Å². The van der Waals surface area contributed by atoms with Gasteiger partial charge in [-0.3, -0.25) is 9.36 Å². The molecule has 4 rings (SSSR count). The third-order valence-electron chi connectivity index (χ3n) is 4.92. The highest BCUT2D eigenvalue weighted by molar-refractivity contribution is 7.99. The molecule has 0 amide bonds. The molecular weight excluding hydrogens is 458 g/mol. The zero-order chi connectivity index (χ0) is 23.2. The lowest BCUT2D eigenvalue weighted by Gasteiger charge is -2.17. The quantitative estimate of drug-likeness (QED) is 0.215. The fourth-order valence-corrected chi connectivity index (χ4v) is 4.27. The maximum atomic E-state index is 12.7. The molecule has 1 unspecified atom stereocenters. The molecule has 4 aromatic rings. The van der Waals surface area contributed by atoms with Gasteiger partial charge in [0.2, 0.25) is 0 Å². The number of ether oxygens (including phenoxy) is 2. The summed E-state index contributed by atoms with van der Waals surface area (Å²) in [6.45, 7) is 1.89. The zero-order valence-electron chi connectivity index (χ0n) is 18.1. The SMILES string of the molecule is COc1ccc(C(=O)CSc2nnc(C(C)Oc3ccccc3Cl)n2-c2ccccc2)cc1. The summed E-state index contributed by atoms with van der Waals surface area (Å²) in [5.74, 6) is 2.10. The predicted molar refractivity (Wildman–Crippen MR) is 130 cm³/mol. The minimum Gasteiger partial charge on any atom is -0.497 e. The molecule has 0 N–H and O–H groups in total. The van der Waals surface area contributed by atoms with E-state index in [1.165, 1.54) is 11.8 Å². The predicted octanol–water partition coefficient (Wildman–Crippen LogP) is 6.04. The van der Waals surface area contributed by atoms with Gasteiger partial charge in [-0.25, -0.2) is 0 Å². The average molecular weight is 480 g/mol. The lowest BCUT2D eigenvalue weighted by Crippen LogP contribution is -2.12. The average Bonchev–Trinajstić information content (AvgIpc) is 3.28. The molecule has 1 atom stereocenters. The number of methoxy groups -OCH3 is 1. The minimum atomic E-state index is -0.427. The van der Waals surface area contributed by atoms with Gasteiger partial charge in [0, 0.05) is 11.3 Å². The van der Waals surface area contributed by atoms with E-state index >= 15 is 0 Å². The van der Waals surface area contributed by atoms with Gasteiger partial charge in [-0.2, -0.15) is 0 Å². The van der Waals surface area contributed by atoms with Gasteiger partial charge < -0.3 is 9.47 Å². The molecule has 0 bridgehead atoms. The van der Waals surface area contributed by atoms with Crippen molar-refractivity contribution in [2.75, 3.05) is 12.9 Å². The van der Waals surface area contributed by atoms with E-state index in [2.05, 4.69) is 10.2 Å². The van der Waals surface area contributed by atoms with Crippen molar-refractivity contribution in [3.05, 3.63) is 95.3 Å². The largest absolute Gasteiger partial charge is 0.497 e. The van der Waals surface area contributed by atoms with Crippen molar-refractivity contribution in [1.29, 1.82) is 0 Å². The normalized spacial score (nSPS) is 11.7. The molecule has 3 aromatic carbocycles. The van der Waals surface area contributed by atoms with Crippen molar-refractivity contribution in [2.24, 2.45) is 0 Å². The zero-order valence-corrected chi connectivity index (χ0v) is 19.7. The monoisotopic (exact) mass is 479 g/mol. The highest BCUT2D eigenvalue weighted by Crippen LogP contribution is 2.31. The maximum absolute atomic E-state index is 12.7. The van der Waals surface area contributed by atoms with E-state index in [1.54, 1.807) is 37.4 Å². The number of Topliss-reactive ketones (excluding diaryl/α,β-unsaturated/α-hetero) is 1. The van der Waals surface area contributed by atoms with E-state index in [0.29, 0.717) is 33.1 Å². The fraction of sp³-hybridized carbons (Fsp3) is 0.160. The Morgan fingerprint density at radius 3 is 2.39 bits per heavy atom. The van der Waals surface area contributed by atoms with E-state index in [9.17, 15) is 4.79 Å². The summed E-state index contributed by atoms with van der Waals surface area (Å²) in [5, 5.41) is 9.88. The Balaban J connectivity index is 1.58. The Hall–Kier alpha value is -3.29. The van der Waals surface area contributed by atoms with Crippen molar-refractivity contribution >= 4 is 29.1 Å². The van der Waals surface area contributed by atoms with Crippen LogP contribution in [0.2, 0.25) is 5.02 Å². The van der Waals surface area contributed by atoms with Crippen molar-refractivity contribution in [3.8, 4) is 17.2 Å². The summed E-state index contributed by atoms with van der Waals surface area (Å²) < 4.78 is 13.2. The highest BCUT2D eigenvalue weighted by Gasteiger charge is 2.22. The molecule has 0 aliphatic heterocycles. The summed E-state index contributed by atoms with van der Waals surface area (Å²) in [4.78, 5) is 12.7. The first-order chi connectivity index (χ1) is 16.1. The number of hydrogen-bond donors (Lipinski definition) is 0. The Bertz CT molecular complexity index is 1230. The van der Waals surface area contributed by atoms with Gasteiger partial charge in [0.05, 0.1) is 17.9 Å². The molecule has 0 aliphatic rings. The van der Waals surface area contributed by atoms with Crippen LogP contribution in [0.25, 0.3) is 5.69 Å². The lowest BCUT2D eigenvalue weighted by molar-refractivity contribution is 0.102. The smallest absolute Gasteiger partial charge is 0.196 e. The first-order valence-electron chi connectivity index (χ1n) is 10.3. The van der Waals surface area contributed by atoms with Gasteiger partial charge >= 0.3 is 0 Å². The number of ketones is 1. The number of carbonyl (C=O) groups excluding carboxylic acids is 1.